The molecule has 0 unspecified atom stereocenters. The molecule has 0 amide bonds. The van der Waals surface area contributed by atoms with Gasteiger partial charge in [-0.05, 0) is 88.6 Å². The summed E-state index contributed by atoms with van der Waals surface area (Å²) in [5.41, 5.74) is 7.62. The lowest BCUT2D eigenvalue weighted by atomic mass is 9.83. The molecule has 0 aliphatic rings. The summed E-state index contributed by atoms with van der Waals surface area (Å²) in [6, 6.07) is 57.5. The van der Waals surface area contributed by atoms with Gasteiger partial charge in [0.05, 0.1) is 0 Å². The zero-order valence-electron chi connectivity index (χ0n) is 22.0. The van der Waals surface area contributed by atoms with Crippen LogP contribution in [0.15, 0.2) is 158 Å². The van der Waals surface area contributed by atoms with Crippen LogP contribution in [0, 0.1) is 0 Å². The first-order valence-electron chi connectivity index (χ1n) is 13.9. The lowest BCUT2D eigenvalue weighted by molar-refractivity contribution is 1.64. The Kier molecular flexibility index (Phi) is 5.24. The molecule has 40 heavy (non-hydrogen) atoms. The predicted molar refractivity (Wildman–Crippen MR) is 173 cm³/mol. The molecule has 186 valence electrons. The maximum atomic E-state index is 2.39. The topological polar surface area (TPSA) is 0 Å². The largest absolute Gasteiger partial charge is 0.0622 e. The van der Waals surface area contributed by atoms with Gasteiger partial charge in [0, 0.05) is 0 Å². The minimum Gasteiger partial charge on any atom is -0.0622 e. The number of hydrogen-bond donors (Lipinski definition) is 0. The number of fused-ring (bicyclic) bond motifs is 4. The third-order valence-corrected chi connectivity index (χ3v) is 8.23. The molecule has 8 rings (SSSR count). The van der Waals surface area contributed by atoms with Gasteiger partial charge in [-0.1, -0.05) is 146 Å². The number of rotatable bonds is 3. The normalized spacial score (nSPS) is 11.5. The molecule has 0 aliphatic heterocycles. The minimum atomic E-state index is 1.24. The molecule has 0 atom stereocenters. The average Bonchev–Trinajstić information content (AvgIpc) is 3.03. The van der Waals surface area contributed by atoms with Crippen LogP contribution >= 0.6 is 0 Å². The van der Waals surface area contributed by atoms with Gasteiger partial charge in [0.25, 0.3) is 0 Å². The second kappa shape index (κ2) is 9.22. The molecule has 8 aromatic rings. The molecule has 0 saturated carbocycles. The van der Waals surface area contributed by atoms with Crippen molar-refractivity contribution in [3.8, 4) is 33.4 Å². The fourth-order valence-corrected chi connectivity index (χ4v) is 6.48. The molecule has 0 heterocycles. The van der Waals surface area contributed by atoms with Gasteiger partial charge in [-0.2, -0.15) is 0 Å². The Balaban J connectivity index is 1.52. The fourth-order valence-electron chi connectivity index (χ4n) is 6.48. The molecule has 0 bridgehead atoms. The Labute approximate surface area is 233 Å². The second-order valence-corrected chi connectivity index (χ2v) is 10.5. The third-order valence-electron chi connectivity index (χ3n) is 8.23. The zero-order chi connectivity index (χ0) is 26.5. The van der Waals surface area contributed by atoms with E-state index >= 15 is 0 Å². The molecule has 0 aliphatic carbocycles. The highest BCUT2D eigenvalue weighted by molar-refractivity contribution is 6.24. The summed E-state index contributed by atoms with van der Waals surface area (Å²) in [7, 11) is 0. The van der Waals surface area contributed by atoms with E-state index in [4.69, 9.17) is 0 Å². The molecule has 0 radical (unpaired) electrons. The van der Waals surface area contributed by atoms with E-state index in [1.807, 2.05) is 0 Å². The number of benzene rings is 8. The Morgan fingerprint density at radius 2 is 0.725 bits per heavy atom. The molecule has 0 aromatic heterocycles. The maximum Gasteiger partial charge on any atom is -0.00201 e. The van der Waals surface area contributed by atoms with E-state index in [1.54, 1.807) is 0 Å². The predicted octanol–water partition coefficient (Wildman–Crippen LogP) is 11.3. The van der Waals surface area contributed by atoms with Crippen LogP contribution in [0.3, 0.4) is 0 Å². The van der Waals surface area contributed by atoms with Crippen LogP contribution in [0.2, 0.25) is 0 Å². The van der Waals surface area contributed by atoms with Crippen LogP contribution in [-0.2, 0) is 0 Å². The molecular formula is C40H26. The van der Waals surface area contributed by atoms with E-state index in [2.05, 4.69) is 158 Å². The summed E-state index contributed by atoms with van der Waals surface area (Å²) in [6.07, 6.45) is 0. The Hall–Kier alpha value is -5.20. The van der Waals surface area contributed by atoms with Crippen molar-refractivity contribution in [1.82, 2.24) is 0 Å². The first-order chi connectivity index (χ1) is 19.9. The van der Waals surface area contributed by atoms with Gasteiger partial charge in [-0.25, -0.2) is 0 Å². The fraction of sp³-hybridized carbons (Fsp3) is 0. The molecule has 0 heteroatoms. The molecule has 0 fully saturated rings. The van der Waals surface area contributed by atoms with Crippen LogP contribution in [0.25, 0.3) is 76.5 Å². The lowest BCUT2D eigenvalue weighted by Gasteiger charge is -2.20. The van der Waals surface area contributed by atoms with Crippen LogP contribution < -0.4 is 0 Å². The molecule has 0 N–H and O–H groups in total. The van der Waals surface area contributed by atoms with Crippen LogP contribution in [0.5, 0.6) is 0 Å². The molecule has 0 nitrogen and oxygen atoms in total. The lowest BCUT2D eigenvalue weighted by Crippen LogP contribution is -1.92. The van der Waals surface area contributed by atoms with E-state index in [-0.39, 0.29) is 0 Å². The first-order valence-corrected chi connectivity index (χ1v) is 13.9. The monoisotopic (exact) mass is 506 g/mol. The van der Waals surface area contributed by atoms with Crippen LogP contribution in [0.4, 0.5) is 0 Å². The van der Waals surface area contributed by atoms with E-state index in [0.717, 1.165) is 0 Å². The van der Waals surface area contributed by atoms with Crippen LogP contribution in [-0.4, -0.2) is 0 Å². The molecule has 0 saturated heterocycles. The van der Waals surface area contributed by atoms with Gasteiger partial charge in [-0.3, -0.25) is 0 Å². The smallest absolute Gasteiger partial charge is 0.00201 e. The van der Waals surface area contributed by atoms with Crippen molar-refractivity contribution in [3.05, 3.63) is 158 Å². The highest BCUT2D eigenvalue weighted by Crippen LogP contribution is 2.46. The van der Waals surface area contributed by atoms with Gasteiger partial charge < -0.3 is 0 Å². The highest BCUT2D eigenvalue weighted by Gasteiger charge is 2.19. The van der Waals surface area contributed by atoms with Crippen molar-refractivity contribution in [2.24, 2.45) is 0 Å². The van der Waals surface area contributed by atoms with Crippen molar-refractivity contribution in [1.29, 1.82) is 0 Å². The summed E-state index contributed by atoms with van der Waals surface area (Å²) in [6.45, 7) is 0. The molecular weight excluding hydrogens is 480 g/mol. The zero-order valence-corrected chi connectivity index (χ0v) is 22.0. The van der Waals surface area contributed by atoms with Crippen molar-refractivity contribution in [3.63, 3.8) is 0 Å². The van der Waals surface area contributed by atoms with E-state index in [9.17, 15) is 0 Å². The van der Waals surface area contributed by atoms with E-state index in [0.29, 0.717) is 0 Å². The summed E-state index contributed by atoms with van der Waals surface area (Å²) in [4.78, 5) is 0. The molecule has 8 aromatic carbocycles. The third kappa shape index (κ3) is 3.54. The maximum absolute atomic E-state index is 2.39. The highest BCUT2D eigenvalue weighted by atomic mass is 14.2. The van der Waals surface area contributed by atoms with Gasteiger partial charge >= 0.3 is 0 Å². The van der Waals surface area contributed by atoms with Crippen molar-refractivity contribution < 1.29 is 0 Å². The Morgan fingerprint density at radius 1 is 0.250 bits per heavy atom. The van der Waals surface area contributed by atoms with E-state index in [1.165, 1.54) is 76.5 Å². The average molecular weight is 507 g/mol. The summed E-state index contributed by atoms with van der Waals surface area (Å²) in [5, 5.41) is 10.2. The SMILES string of the molecule is c1ccc(-c2cc(-c3c4ccccc4c(-c4cccc5ccccc45)c4ccccc34)cc3ccccc23)cc1. The van der Waals surface area contributed by atoms with Gasteiger partial charge in [-0.15, -0.1) is 0 Å². The summed E-state index contributed by atoms with van der Waals surface area (Å²) < 4.78 is 0. The first kappa shape index (κ1) is 22.8. The van der Waals surface area contributed by atoms with Crippen LogP contribution in [0.1, 0.15) is 0 Å². The van der Waals surface area contributed by atoms with Crippen molar-refractivity contribution in [2.75, 3.05) is 0 Å². The molecule has 0 spiro atoms. The quantitative estimate of drug-likeness (QED) is 0.209. The Bertz CT molecular complexity index is 2140. The van der Waals surface area contributed by atoms with Gasteiger partial charge in [0.1, 0.15) is 0 Å². The minimum absolute atomic E-state index is 1.24. The van der Waals surface area contributed by atoms with E-state index < -0.39 is 0 Å². The van der Waals surface area contributed by atoms with Gasteiger partial charge in [0.15, 0.2) is 0 Å². The van der Waals surface area contributed by atoms with Gasteiger partial charge in [0.2, 0.25) is 0 Å². The Morgan fingerprint density at radius 3 is 1.38 bits per heavy atom. The summed E-state index contributed by atoms with van der Waals surface area (Å²) in [5.74, 6) is 0. The second-order valence-electron chi connectivity index (χ2n) is 10.5. The summed E-state index contributed by atoms with van der Waals surface area (Å²) >= 11 is 0. The number of hydrogen-bond acceptors (Lipinski definition) is 0. The van der Waals surface area contributed by atoms with Crippen molar-refractivity contribution >= 4 is 43.1 Å². The van der Waals surface area contributed by atoms with Crippen molar-refractivity contribution in [2.45, 2.75) is 0 Å². The standard InChI is InChI=1S/C40H26/c1-2-13-28(14-3-1)38-26-30(25-29-16-5-7-19-32(29)38)39-34-20-8-10-22-36(34)40(37-23-11-9-21-35(37)39)33-24-12-17-27-15-4-6-18-31(27)33/h1-26H.